The molecule has 37 heavy (non-hydrogen) atoms. The van der Waals surface area contributed by atoms with Gasteiger partial charge in [-0.3, -0.25) is 9.59 Å². The number of methoxy groups -OCH3 is 1. The molecule has 1 aromatic carbocycles. The molecule has 2 fully saturated rings. The molecule has 2 aliphatic heterocycles. The Labute approximate surface area is 221 Å². The molecule has 1 unspecified atom stereocenters. The molecular weight excluding hydrogens is 492 g/mol. The van der Waals surface area contributed by atoms with Gasteiger partial charge in [0, 0.05) is 24.0 Å². The van der Waals surface area contributed by atoms with Crippen molar-refractivity contribution in [3.63, 3.8) is 0 Å². The zero-order valence-corrected chi connectivity index (χ0v) is 22.8. The predicted molar refractivity (Wildman–Crippen MR) is 142 cm³/mol. The summed E-state index contributed by atoms with van der Waals surface area (Å²) >= 11 is 1.43. The summed E-state index contributed by atoms with van der Waals surface area (Å²) in [6.07, 6.45) is 0.649. The third kappa shape index (κ3) is 5.09. The van der Waals surface area contributed by atoms with E-state index in [1.54, 1.807) is 22.8 Å². The molecule has 0 saturated carbocycles. The number of thiophene rings is 1. The van der Waals surface area contributed by atoms with Crippen molar-refractivity contribution in [2.45, 2.75) is 58.0 Å². The van der Waals surface area contributed by atoms with Gasteiger partial charge in [-0.2, -0.15) is 0 Å². The van der Waals surface area contributed by atoms with E-state index in [0.717, 1.165) is 10.4 Å². The van der Waals surface area contributed by atoms with Crippen LogP contribution in [0.3, 0.4) is 0 Å². The molecule has 8 nitrogen and oxygen atoms in total. The highest BCUT2D eigenvalue weighted by Gasteiger charge is 2.50. The van der Waals surface area contributed by atoms with Gasteiger partial charge >= 0.3 is 6.09 Å². The molecule has 1 aromatic heterocycles. The van der Waals surface area contributed by atoms with Crippen molar-refractivity contribution >= 4 is 34.9 Å². The number of ether oxygens (including phenoxy) is 2. The average molecular weight is 527 g/mol. The Kier molecular flexibility index (Phi) is 7.64. The molecule has 1 N–H and O–H groups in total. The summed E-state index contributed by atoms with van der Waals surface area (Å²) in [4.78, 5) is 43.1. The molecule has 0 radical (unpaired) electrons. The fourth-order valence-corrected chi connectivity index (χ4v) is 5.83. The first-order valence-corrected chi connectivity index (χ1v) is 13.4. The first kappa shape index (κ1) is 26.7. The summed E-state index contributed by atoms with van der Waals surface area (Å²) in [6, 6.07) is 8.29. The van der Waals surface area contributed by atoms with Crippen LogP contribution in [0.25, 0.3) is 5.76 Å². The first-order chi connectivity index (χ1) is 17.6. The SMILES string of the molecule is CCOC(=O)N1CCC(N2C(=O)C(=O)/C(=C(/O)c3cc(C(C)(C)C)ccc3OC)C2c2cccs2)CC1. The lowest BCUT2D eigenvalue weighted by Gasteiger charge is -2.38. The van der Waals surface area contributed by atoms with E-state index < -0.39 is 17.7 Å². The van der Waals surface area contributed by atoms with E-state index in [-0.39, 0.29) is 28.9 Å². The van der Waals surface area contributed by atoms with Crippen molar-refractivity contribution < 1.29 is 29.0 Å². The van der Waals surface area contributed by atoms with Crippen LogP contribution in [-0.2, 0) is 19.7 Å². The maximum atomic E-state index is 13.5. The minimum atomic E-state index is -0.720. The zero-order valence-electron chi connectivity index (χ0n) is 21.9. The zero-order chi connectivity index (χ0) is 26.9. The summed E-state index contributed by atoms with van der Waals surface area (Å²) in [5.41, 5.74) is 1.20. The number of hydrogen-bond acceptors (Lipinski definition) is 7. The third-order valence-electron chi connectivity index (χ3n) is 7.00. The molecule has 3 heterocycles. The highest BCUT2D eigenvalue weighted by molar-refractivity contribution is 7.10. The average Bonchev–Trinajstić information content (AvgIpc) is 3.49. The molecule has 0 bridgehead atoms. The van der Waals surface area contributed by atoms with Crippen LogP contribution >= 0.6 is 11.3 Å². The van der Waals surface area contributed by atoms with Gasteiger partial charge in [0.05, 0.1) is 30.9 Å². The molecule has 2 saturated heterocycles. The summed E-state index contributed by atoms with van der Waals surface area (Å²) in [7, 11) is 1.51. The first-order valence-electron chi connectivity index (χ1n) is 12.5. The molecule has 2 amide bonds. The third-order valence-corrected chi connectivity index (χ3v) is 7.92. The standard InChI is InChI=1S/C28H34N2O6S/c1-6-36-27(34)29-13-11-18(12-14-29)30-23(21-8-7-15-37-21)22(25(32)26(30)33)24(31)19-16-17(28(2,3)4)9-10-20(19)35-5/h7-10,15-16,18,23,31H,6,11-14H2,1-5H3/b24-22+. The Bertz CT molecular complexity index is 1210. The smallest absolute Gasteiger partial charge is 0.409 e. The second-order valence-corrected chi connectivity index (χ2v) is 11.3. The number of carbonyl (C=O) groups is 3. The number of rotatable bonds is 5. The number of carbonyl (C=O) groups excluding carboxylic acids is 3. The summed E-state index contributed by atoms with van der Waals surface area (Å²) in [6.45, 7) is 9.09. The van der Waals surface area contributed by atoms with E-state index in [1.807, 2.05) is 29.6 Å². The lowest BCUT2D eigenvalue weighted by molar-refractivity contribution is -0.142. The van der Waals surface area contributed by atoms with E-state index in [2.05, 4.69) is 20.8 Å². The second kappa shape index (κ2) is 10.6. The molecule has 1 atom stereocenters. The Hall–Kier alpha value is -3.33. The van der Waals surface area contributed by atoms with E-state index in [9.17, 15) is 19.5 Å². The number of ketones is 1. The lowest BCUT2D eigenvalue weighted by Crippen LogP contribution is -2.48. The van der Waals surface area contributed by atoms with Crippen LogP contribution in [-0.4, -0.2) is 65.5 Å². The van der Waals surface area contributed by atoms with Crippen molar-refractivity contribution in [1.29, 1.82) is 0 Å². The highest BCUT2D eigenvalue weighted by Crippen LogP contribution is 2.45. The topological polar surface area (TPSA) is 96.4 Å². The van der Waals surface area contributed by atoms with Crippen LogP contribution in [0.1, 0.15) is 62.6 Å². The fraction of sp³-hybridized carbons (Fsp3) is 0.464. The summed E-state index contributed by atoms with van der Waals surface area (Å²) in [5.74, 6) is -1.18. The minimum Gasteiger partial charge on any atom is -0.507 e. The van der Waals surface area contributed by atoms with Gasteiger partial charge in [-0.15, -0.1) is 11.3 Å². The quantitative estimate of drug-likeness (QED) is 0.331. The van der Waals surface area contributed by atoms with Gasteiger partial charge < -0.3 is 24.4 Å². The number of likely N-dealkylation sites (tertiary alicyclic amines) is 2. The van der Waals surface area contributed by atoms with Crippen LogP contribution in [0.2, 0.25) is 0 Å². The number of Topliss-reactive ketones (excluding diaryl/α,β-unsaturated/α-hetero) is 1. The molecule has 4 rings (SSSR count). The molecule has 0 aliphatic carbocycles. The van der Waals surface area contributed by atoms with Gasteiger partial charge in [0.2, 0.25) is 0 Å². The second-order valence-electron chi connectivity index (χ2n) is 10.3. The van der Waals surface area contributed by atoms with Crippen LogP contribution < -0.4 is 4.74 Å². The Balaban J connectivity index is 1.77. The van der Waals surface area contributed by atoms with E-state index in [4.69, 9.17) is 9.47 Å². The van der Waals surface area contributed by atoms with Crippen molar-refractivity contribution in [3.8, 4) is 5.75 Å². The van der Waals surface area contributed by atoms with Crippen molar-refractivity contribution in [2.24, 2.45) is 0 Å². The van der Waals surface area contributed by atoms with Gasteiger partial charge in [0.1, 0.15) is 11.5 Å². The maximum Gasteiger partial charge on any atom is 0.409 e. The number of hydrogen-bond donors (Lipinski definition) is 1. The minimum absolute atomic E-state index is 0.0598. The molecule has 0 spiro atoms. The molecule has 2 aromatic rings. The van der Waals surface area contributed by atoms with Crippen molar-refractivity contribution in [2.75, 3.05) is 26.8 Å². The van der Waals surface area contributed by atoms with Crippen LogP contribution in [0.5, 0.6) is 5.75 Å². The molecular formula is C28H34N2O6S. The lowest BCUT2D eigenvalue weighted by atomic mass is 9.85. The number of aliphatic hydroxyl groups is 1. The largest absolute Gasteiger partial charge is 0.507 e. The van der Waals surface area contributed by atoms with Gasteiger partial charge in [0.15, 0.2) is 0 Å². The van der Waals surface area contributed by atoms with E-state index in [1.165, 1.54) is 18.4 Å². The fourth-order valence-electron chi connectivity index (χ4n) is 5.00. The van der Waals surface area contributed by atoms with E-state index >= 15 is 0 Å². The Morgan fingerprint density at radius 1 is 1.16 bits per heavy atom. The number of nitrogens with zero attached hydrogens (tertiary/aromatic N) is 2. The molecule has 198 valence electrons. The van der Waals surface area contributed by atoms with Crippen LogP contribution in [0.15, 0.2) is 41.3 Å². The maximum absolute atomic E-state index is 13.5. The van der Waals surface area contributed by atoms with Crippen LogP contribution in [0.4, 0.5) is 4.79 Å². The Morgan fingerprint density at radius 3 is 2.43 bits per heavy atom. The Morgan fingerprint density at radius 2 is 1.86 bits per heavy atom. The monoisotopic (exact) mass is 526 g/mol. The number of aliphatic hydroxyl groups excluding tert-OH is 1. The van der Waals surface area contributed by atoms with Crippen molar-refractivity contribution in [1.82, 2.24) is 9.80 Å². The predicted octanol–water partition coefficient (Wildman–Crippen LogP) is 5.10. The normalized spacial score (nSPS) is 20.4. The van der Waals surface area contributed by atoms with Gasteiger partial charge in [-0.25, -0.2) is 4.79 Å². The molecule has 9 heteroatoms. The van der Waals surface area contributed by atoms with Gasteiger partial charge in [0.25, 0.3) is 11.7 Å². The highest BCUT2D eigenvalue weighted by atomic mass is 32.1. The number of piperidine rings is 1. The van der Waals surface area contributed by atoms with Gasteiger partial charge in [-0.1, -0.05) is 32.9 Å². The number of benzene rings is 1. The summed E-state index contributed by atoms with van der Waals surface area (Å²) < 4.78 is 10.6. The summed E-state index contributed by atoms with van der Waals surface area (Å²) in [5, 5.41) is 13.5. The van der Waals surface area contributed by atoms with Gasteiger partial charge in [-0.05, 0) is 54.3 Å². The molecule has 2 aliphatic rings. The number of amides is 2. The van der Waals surface area contributed by atoms with Crippen molar-refractivity contribution in [3.05, 3.63) is 57.3 Å². The van der Waals surface area contributed by atoms with Crippen LogP contribution in [0, 0.1) is 0 Å². The van der Waals surface area contributed by atoms with E-state index in [0.29, 0.717) is 43.9 Å².